The fraction of sp³-hybridized carbons (Fsp3) is 1.00. The molecule has 74 valence electrons. The number of rotatable bonds is 4. The molecule has 0 saturated heterocycles. The van der Waals surface area contributed by atoms with Crippen molar-refractivity contribution in [3.05, 3.63) is 0 Å². The van der Waals surface area contributed by atoms with Gasteiger partial charge in [-0.1, -0.05) is 6.92 Å². The van der Waals surface area contributed by atoms with Gasteiger partial charge in [0.15, 0.2) is 0 Å². The zero-order valence-corrected chi connectivity index (χ0v) is 7.69. The van der Waals surface area contributed by atoms with E-state index in [9.17, 15) is 8.42 Å². The first-order valence-corrected chi connectivity index (χ1v) is 4.82. The summed E-state index contributed by atoms with van der Waals surface area (Å²) >= 11 is 0. The smallest absolute Gasteiger partial charge is 0.340 e. The van der Waals surface area contributed by atoms with Crippen LogP contribution in [0.25, 0.3) is 0 Å². The second-order valence-electron chi connectivity index (χ2n) is 2.33. The van der Waals surface area contributed by atoms with Gasteiger partial charge < -0.3 is 10.2 Å². The van der Waals surface area contributed by atoms with Crippen molar-refractivity contribution in [2.45, 2.75) is 32.7 Å². The van der Waals surface area contributed by atoms with Gasteiger partial charge in [-0.15, -0.1) is 4.31 Å². The maximum absolute atomic E-state index is 10.5. The van der Waals surface area contributed by atoms with Crippen molar-refractivity contribution in [2.75, 3.05) is 0 Å². The minimum Gasteiger partial charge on any atom is -0.377 e. The third kappa shape index (κ3) is 3.03. The van der Waals surface area contributed by atoms with Gasteiger partial charge >= 0.3 is 10.3 Å². The van der Waals surface area contributed by atoms with Crippen LogP contribution >= 0.6 is 0 Å². The van der Waals surface area contributed by atoms with Gasteiger partial charge in [-0.05, 0) is 13.3 Å². The van der Waals surface area contributed by atoms with Crippen molar-refractivity contribution in [3.63, 3.8) is 0 Å². The Morgan fingerprint density at radius 1 is 1.42 bits per heavy atom. The van der Waals surface area contributed by atoms with Crippen molar-refractivity contribution in [1.29, 1.82) is 0 Å². The average Bonchev–Trinajstić information content (AvgIpc) is 1.83. The van der Waals surface area contributed by atoms with Crippen molar-refractivity contribution in [2.24, 2.45) is 0 Å². The predicted molar refractivity (Wildman–Crippen MR) is 41.4 cm³/mol. The lowest BCUT2D eigenvalue weighted by Gasteiger charge is -2.25. The molecule has 0 radical (unpaired) electrons. The number of nitrogens with zero attached hydrogens (tertiary/aromatic N) is 1. The first kappa shape index (κ1) is 11.8. The van der Waals surface area contributed by atoms with Crippen LogP contribution in [0.1, 0.15) is 20.3 Å². The molecule has 12 heavy (non-hydrogen) atoms. The van der Waals surface area contributed by atoms with Gasteiger partial charge in [-0.3, -0.25) is 4.55 Å². The summed E-state index contributed by atoms with van der Waals surface area (Å²) in [6.07, 6.45) is -2.76. The highest BCUT2D eigenvalue weighted by Crippen LogP contribution is 2.09. The summed E-state index contributed by atoms with van der Waals surface area (Å²) in [5.41, 5.74) is 0. The van der Waals surface area contributed by atoms with Crippen molar-refractivity contribution in [1.82, 2.24) is 4.31 Å². The summed E-state index contributed by atoms with van der Waals surface area (Å²) in [5, 5.41) is 17.9. The Morgan fingerprint density at radius 2 is 1.83 bits per heavy atom. The van der Waals surface area contributed by atoms with E-state index in [1.807, 2.05) is 0 Å². The lowest BCUT2D eigenvalue weighted by Crippen LogP contribution is -2.45. The molecule has 2 atom stereocenters. The summed E-state index contributed by atoms with van der Waals surface area (Å²) in [6.45, 7) is 2.65. The van der Waals surface area contributed by atoms with Crippen LogP contribution in [0.15, 0.2) is 0 Å². The quantitative estimate of drug-likeness (QED) is 0.405. The van der Waals surface area contributed by atoms with E-state index >= 15 is 0 Å². The normalized spacial score (nSPS) is 17.8. The highest BCUT2D eigenvalue weighted by atomic mass is 32.2. The minimum absolute atomic E-state index is 0.0880. The molecule has 0 aromatic heterocycles. The number of hydrogen-bond donors (Lipinski definition) is 3. The van der Waals surface area contributed by atoms with Crippen LogP contribution in [0.2, 0.25) is 0 Å². The van der Waals surface area contributed by atoms with Crippen LogP contribution in [0.4, 0.5) is 0 Å². The molecule has 6 nitrogen and oxygen atoms in total. The van der Waals surface area contributed by atoms with Gasteiger partial charge in [-0.2, -0.15) is 8.42 Å². The second kappa shape index (κ2) is 4.15. The Kier molecular flexibility index (Phi) is 4.08. The van der Waals surface area contributed by atoms with Crippen LogP contribution in [0.5, 0.6) is 0 Å². The number of aliphatic hydroxyl groups excluding tert-OH is 2. The lowest BCUT2D eigenvalue weighted by atomic mass is 10.4. The van der Waals surface area contributed by atoms with E-state index in [1.165, 1.54) is 6.92 Å². The lowest BCUT2D eigenvalue weighted by molar-refractivity contribution is -0.0404. The van der Waals surface area contributed by atoms with Crippen molar-refractivity contribution in [3.8, 4) is 0 Å². The van der Waals surface area contributed by atoms with Crippen LogP contribution in [-0.2, 0) is 10.3 Å². The SMILES string of the molecule is CCC(O)N(C(C)O)S(=O)(=O)O. The molecule has 7 heteroatoms. The second-order valence-corrected chi connectivity index (χ2v) is 3.65. The maximum atomic E-state index is 10.5. The topological polar surface area (TPSA) is 98.1 Å². The fourth-order valence-corrected chi connectivity index (χ4v) is 1.62. The van der Waals surface area contributed by atoms with Gasteiger partial charge in [0, 0.05) is 0 Å². The van der Waals surface area contributed by atoms with Gasteiger partial charge in [-0.25, -0.2) is 0 Å². The predicted octanol–water partition coefficient (Wildman–Crippen LogP) is -0.842. The third-order valence-corrected chi connectivity index (χ3v) is 2.37. The molecule has 0 aliphatic carbocycles. The van der Waals surface area contributed by atoms with Crippen LogP contribution in [0, 0.1) is 0 Å². The summed E-state index contributed by atoms with van der Waals surface area (Å²) in [6, 6.07) is 0. The Balaban J connectivity index is 4.69. The Bertz CT molecular complexity index is 224. The third-order valence-electron chi connectivity index (χ3n) is 1.29. The van der Waals surface area contributed by atoms with E-state index in [-0.39, 0.29) is 10.7 Å². The maximum Gasteiger partial charge on any atom is 0.340 e. The molecule has 0 aliphatic heterocycles. The molecule has 0 amide bonds. The average molecular weight is 199 g/mol. The number of hydrogen-bond acceptors (Lipinski definition) is 4. The monoisotopic (exact) mass is 199 g/mol. The molecule has 0 fully saturated rings. The molecule has 0 aliphatic rings. The first-order valence-electron chi connectivity index (χ1n) is 3.42. The molecule has 3 N–H and O–H groups in total. The van der Waals surface area contributed by atoms with Crippen molar-refractivity contribution >= 4 is 10.3 Å². The Labute approximate surface area is 71.3 Å². The molecule has 0 rings (SSSR count). The Morgan fingerprint density at radius 3 is 1.92 bits per heavy atom. The molecule has 0 aromatic rings. The van der Waals surface area contributed by atoms with E-state index in [0.29, 0.717) is 0 Å². The van der Waals surface area contributed by atoms with E-state index in [1.54, 1.807) is 0 Å². The zero-order chi connectivity index (χ0) is 9.94. The van der Waals surface area contributed by atoms with Crippen LogP contribution in [0.3, 0.4) is 0 Å². The molecule has 0 saturated carbocycles. The molecular formula is C5H13NO5S. The minimum atomic E-state index is -4.54. The van der Waals surface area contributed by atoms with Gasteiger partial charge in [0.2, 0.25) is 0 Å². The summed E-state index contributed by atoms with van der Waals surface area (Å²) in [5.74, 6) is 0. The van der Waals surface area contributed by atoms with E-state index in [0.717, 1.165) is 6.92 Å². The summed E-state index contributed by atoms with van der Waals surface area (Å²) in [7, 11) is -4.54. The zero-order valence-electron chi connectivity index (χ0n) is 6.88. The largest absolute Gasteiger partial charge is 0.377 e. The summed E-state index contributed by atoms with van der Waals surface area (Å²) in [4.78, 5) is 0. The fourth-order valence-electron chi connectivity index (χ4n) is 0.776. The highest BCUT2D eigenvalue weighted by molar-refractivity contribution is 7.83. The molecular weight excluding hydrogens is 186 g/mol. The molecule has 0 heterocycles. The summed E-state index contributed by atoms with van der Waals surface area (Å²) < 4.78 is 29.8. The van der Waals surface area contributed by atoms with Gasteiger partial charge in [0.25, 0.3) is 0 Å². The first-order chi connectivity index (χ1) is 5.30. The van der Waals surface area contributed by atoms with Crippen LogP contribution in [-0.4, -0.2) is 39.9 Å². The van der Waals surface area contributed by atoms with Gasteiger partial charge in [0.1, 0.15) is 12.5 Å². The molecule has 0 aromatic carbocycles. The molecule has 0 bridgehead atoms. The van der Waals surface area contributed by atoms with Crippen LogP contribution < -0.4 is 0 Å². The number of aliphatic hydroxyl groups is 2. The highest BCUT2D eigenvalue weighted by Gasteiger charge is 2.29. The molecule has 0 spiro atoms. The van der Waals surface area contributed by atoms with E-state index in [2.05, 4.69) is 0 Å². The standard InChI is InChI=1S/C5H13NO5S/c1-3-5(8)6(4(2)7)12(9,10)11/h4-5,7-8H,3H2,1-2H3,(H,9,10,11). The van der Waals surface area contributed by atoms with Crippen molar-refractivity contribution < 1.29 is 23.2 Å². The Hall–Kier alpha value is -0.210. The molecule has 2 unspecified atom stereocenters. The van der Waals surface area contributed by atoms with Gasteiger partial charge in [0.05, 0.1) is 0 Å². The van der Waals surface area contributed by atoms with E-state index in [4.69, 9.17) is 14.8 Å². The van der Waals surface area contributed by atoms with E-state index < -0.39 is 22.8 Å².